The summed E-state index contributed by atoms with van der Waals surface area (Å²) in [5.41, 5.74) is 8.26. The number of hydrogen-bond donors (Lipinski definition) is 1. The maximum Gasteiger partial charge on any atom is 0.140 e. The number of rotatable bonds is 4. The van der Waals surface area contributed by atoms with Gasteiger partial charge in [0, 0.05) is 17.7 Å². The normalized spacial score (nSPS) is 12.5. The summed E-state index contributed by atoms with van der Waals surface area (Å²) in [5, 5.41) is 3.85. The molecule has 19 heavy (non-hydrogen) atoms. The molecule has 2 N–H and O–H groups in total. The van der Waals surface area contributed by atoms with E-state index in [4.69, 9.17) is 15.0 Å². The summed E-state index contributed by atoms with van der Waals surface area (Å²) in [5.74, 6) is 0.810. The van der Waals surface area contributed by atoms with Gasteiger partial charge in [-0.2, -0.15) is 0 Å². The monoisotopic (exact) mass is 264 g/mol. The predicted molar refractivity (Wildman–Crippen MR) is 69.3 cm³/mol. The van der Waals surface area contributed by atoms with Crippen LogP contribution in [0.15, 0.2) is 22.7 Å². The molecule has 0 bridgehead atoms. The van der Waals surface area contributed by atoms with Crippen molar-refractivity contribution in [1.29, 1.82) is 0 Å². The van der Waals surface area contributed by atoms with Crippen molar-refractivity contribution >= 4 is 0 Å². The summed E-state index contributed by atoms with van der Waals surface area (Å²) in [7, 11) is 0. The highest BCUT2D eigenvalue weighted by Gasteiger charge is 2.13. The quantitative estimate of drug-likeness (QED) is 0.922. The van der Waals surface area contributed by atoms with Gasteiger partial charge in [-0.1, -0.05) is 11.2 Å². The largest absolute Gasteiger partial charge is 0.488 e. The zero-order valence-electron chi connectivity index (χ0n) is 11.2. The Morgan fingerprint density at radius 3 is 2.74 bits per heavy atom. The van der Waals surface area contributed by atoms with Crippen LogP contribution >= 0.6 is 0 Å². The molecule has 0 fully saturated rings. The lowest BCUT2D eigenvalue weighted by molar-refractivity contribution is 0.295. The van der Waals surface area contributed by atoms with E-state index in [2.05, 4.69) is 5.16 Å². The maximum atomic E-state index is 13.3. The van der Waals surface area contributed by atoms with Crippen LogP contribution in [-0.2, 0) is 6.61 Å². The topological polar surface area (TPSA) is 61.3 Å². The fourth-order valence-electron chi connectivity index (χ4n) is 1.87. The van der Waals surface area contributed by atoms with Crippen LogP contribution in [0.1, 0.15) is 35.5 Å². The number of benzene rings is 1. The number of nitrogens with two attached hydrogens (primary N) is 1. The second kappa shape index (κ2) is 5.40. The van der Waals surface area contributed by atoms with Gasteiger partial charge in [-0.3, -0.25) is 0 Å². The molecule has 0 aliphatic heterocycles. The van der Waals surface area contributed by atoms with Crippen molar-refractivity contribution in [3.8, 4) is 5.75 Å². The number of ether oxygens (including phenoxy) is 1. The maximum absolute atomic E-state index is 13.3. The van der Waals surface area contributed by atoms with Gasteiger partial charge >= 0.3 is 0 Å². The van der Waals surface area contributed by atoms with Crippen molar-refractivity contribution < 1.29 is 13.7 Å². The average molecular weight is 264 g/mol. The number of nitrogens with zero attached hydrogens (tertiary/aromatic N) is 1. The highest BCUT2D eigenvalue weighted by atomic mass is 19.1. The Balaban J connectivity index is 2.22. The lowest BCUT2D eigenvalue weighted by atomic mass is 10.1. The molecule has 2 aromatic rings. The van der Waals surface area contributed by atoms with Crippen molar-refractivity contribution in [2.75, 3.05) is 0 Å². The first kappa shape index (κ1) is 13.5. The molecule has 1 aromatic heterocycles. The molecule has 0 saturated heterocycles. The molecule has 0 amide bonds. The number of halogens is 1. The lowest BCUT2D eigenvalue weighted by Gasteiger charge is -2.14. The minimum Gasteiger partial charge on any atom is -0.488 e. The molecule has 0 aliphatic rings. The molecular formula is C14H17FN2O2. The smallest absolute Gasteiger partial charge is 0.140 e. The second-order valence-electron chi connectivity index (χ2n) is 4.56. The highest BCUT2D eigenvalue weighted by Crippen LogP contribution is 2.26. The van der Waals surface area contributed by atoms with E-state index >= 15 is 0 Å². The van der Waals surface area contributed by atoms with Gasteiger partial charge in [0.1, 0.15) is 23.9 Å². The van der Waals surface area contributed by atoms with Crippen LogP contribution < -0.4 is 10.5 Å². The van der Waals surface area contributed by atoms with Crippen LogP contribution in [0, 0.1) is 19.7 Å². The van der Waals surface area contributed by atoms with Gasteiger partial charge in [-0.15, -0.1) is 0 Å². The first-order chi connectivity index (χ1) is 8.99. The van der Waals surface area contributed by atoms with Gasteiger partial charge in [-0.25, -0.2) is 4.39 Å². The Hall–Kier alpha value is -1.88. The molecule has 1 atom stereocenters. The molecule has 0 aliphatic carbocycles. The first-order valence-electron chi connectivity index (χ1n) is 6.08. The van der Waals surface area contributed by atoms with E-state index in [-0.39, 0.29) is 18.5 Å². The first-order valence-corrected chi connectivity index (χ1v) is 6.08. The molecule has 4 nitrogen and oxygen atoms in total. The SMILES string of the molecule is Cc1noc(C)c1COc1cc(F)ccc1[C@@H](C)N. The molecule has 2 rings (SSSR count). The van der Waals surface area contributed by atoms with Gasteiger partial charge in [0.15, 0.2) is 0 Å². The number of hydrogen-bond acceptors (Lipinski definition) is 4. The fourth-order valence-corrected chi connectivity index (χ4v) is 1.87. The molecular weight excluding hydrogens is 247 g/mol. The third-order valence-electron chi connectivity index (χ3n) is 3.02. The van der Waals surface area contributed by atoms with Crippen LogP contribution in [0.4, 0.5) is 4.39 Å². The van der Waals surface area contributed by atoms with E-state index in [0.29, 0.717) is 11.5 Å². The van der Waals surface area contributed by atoms with Crippen LogP contribution in [0.3, 0.4) is 0 Å². The Bertz CT molecular complexity index is 559. The molecule has 0 saturated carbocycles. The van der Waals surface area contributed by atoms with Gasteiger partial charge in [0.25, 0.3) is 0 Å². The molecule has 5 heteroatoms. The molecule has 1 aromatic carbocycles. The minimum absolute atomic E-state index is 0.222. The van der Waals surface area contributed by atoms with Crippen LogP contribution in [0.2, 0.25) is 0 Å². The third kappa shape index (κ3) is 2.93. The zero-order chi connectivity index (χ0) is 14.0. The van der Waals surface area contributed by atoms with E-state index < -0.39 is 0 Å². The Morgan fingerprint density at radius 2 is 2.16 bits per heavy atom. The van der Waals surface area contributed by atoms with E-state index in [1.807, 2.05) is 20.8 Å². The van der Waals surface area contributed by atoms with E-state index in [1.165, 1.54) is 12.1 Å². The van der Waals surface area contributed by atoms with E-state index in [9.17, 15) is 4.39 Å². The standard InChI is InChI=1S/C14H17FN2O2/c1-8(16)12-5-4-11(15)6-14(12)18-7-13-9(2)17-19-10(13)3/h4-6,8H,7,16H2,1-3H3/t8-/m1/s1. The lowest BCUT2D eigenvalue weighted by Crippen LogP contribution is -2.08. The summed E-state index contributed by atoms with van der Waals surface area (Å²) in [4.78, 5) is 0. The van der Waals surface area contributed by atoms with E-state index in [1.54, 1.807) is 6.07 Å². The minimum atomic E-state index is -0.349. The van der Waals surface area contributed by atoms with E-state index in [0.717, 1.165) is 16.8 Å². The van der Waals surface area contributed by atoms with Crippen molar-refractivity contribution in [1.82, 2.24) is 5.16 Å². The van der Waals surface area contributed by atoms with Gasteiger partial charge in [0.2, 0.25) is 0 Å². The highest BCUT2D eigenvalue weighted by molar-refractivity contribution is 5.36. The fraction of sp³-hybridized carbons (Fsp3) is 0.357. The molecule has 0 spiro atoms. The number of aromatic nitrogens is 1. The second-order valence-corrected chi connectivity index (χ2v) is 4.56. The molecule has 0 unspecified atom stereocenters. The van der Waals surface area contributed by atoms with Crippen LogP contribution in [-0.4, -0.2) is 5.16 Å². The van der Waals surface area contributed by atoms with Crippen LogP contribution in [0.25, 0.3) is 0 Å². The van der Waals surface area contributed by atoms with Gasteiger partial charge < -0.3 is 15.0 Å². The zero-order valence-corrected chi connectivity index (χ0v) is 11.2. The number of aryl methyl sites for hydroxylation is 2. The summed E-state index contributed by atoms with van der Waals surface area (Å²) >= 11 is 0. The summed E-state index contributed by atoms with van der Waals surface area (Å²) in [6.45, 7) is 5.77. The molecule has 0 radical (unpaired) electrons. The van der Waals surface area contributed by atoms with Crippen molar-refractivity contribution in [3.05, 3.63) is 46.6 Å². The Kier molecular flexibility index (Phi) is 3.85. The van der Waals surface area contributed by atoms with Gasteiger partial charge in [-0.05, 0) is 26.8 Å². The summed E-state index contributed by atoms with van der Waals surface area (Å²) in [6.07, 6.45) is 0. The molecule has 102 valence electrons. The third-order valence-corrected chi connectivity index (χ3v) is 3.02. The predicted octanol–water partition coefficient (Wildman–Crippen LogP) is 3.03. The van der Waals surface area contributed by atoms with Crippen molar-refractivity contribution in [2.45, 2.75) is 33.4 Å². The summed E-state index contributed by atoms with van der Waals surface area (Å²) < 4.78 is 24.0. The Labute approximate surface area is 111 Å². The van der Waals surface area contributed by atoms with Crippen LogP contribution in [0.5, 0.6) is 5.75 Å². The van der Waals surface area contributed by atoms with Gasteiger partial charge in [0.05, 0.1) is 11.3 Å². The van der Waals surface area contributed by atoms with Crippen molar-refractivity contribution in [2.24, 2.45) is 5.73 Å². The Morgan fingerprint density at radius 1 is 1.42 bits per heavy atom. The van der Waals surface area contributed by atoms with Crippen molar-refractivity contribution in [3.63, 3.8) is 0 Å². The average Bonchev–Trinajstić information content (AvgIpc) is 2.66. The molecule has 1 heterocycles. The summed E-state index contributed by atoms with van der Waals surface area (Å²) in [6, 6.07) is 4.14.